The van der Waals surface area contributed by atoms with Crippen LogP contribution in [0.1, 0.15) is 23.6 Å². The SMILES string of the molecule is O=C(O)Cc1cccc(C2CCN2)c1. The highest BCUT2D eigenvalue weighted by atomic mass is 16.4. The predicted octanol–water partition coefficient (Wildman–Crippen LogP) is 1.35. The molecule has 0 amide bonds. The summed E-state index contributed by atoms with van der Waals surface area (Å²) in [7, 11) is 0. The van der Waals surface area contributed by atoms with Crippen LogP contribution in [-0.4, -0.2) is 17.6 Å². The van der Waals surface area contributed by atoms with Gasteiger partial charge in [0.15, 0.2) is 0 Å². The van der Waals surface area contributed by atoms with Crippen molar-refractivity contribution in [1.82, 2.24) is 5.32 Å². The second-order valence-electron chi connectivity index (χ2n) is 3.61. The highest BCUT2D eigenvalue weighted by Gasteiger charge is 2.18. The van der Waals surface area contributed by atoms with Gasteiger partial charge in [0.05, 0.1) is 6.42 Å². The predicted molar refractivity (Wildman–Crippen MR) is 53.1 cm³/mol. The molecule has 1 aliphatic rings. The van der Waals surface area contributed by atoms with Crippen molar-refractivity contribution in [3.05, 3.63) is 35.4 Å². The molecule has 1 saturated heterocycles. The first-order valence-electron chi connectivity index (χ1n) is 4.80. The Hall–Kier alpha value is -1.35. The maximum atomic E-state index is 10.5. The first-order chi connectivity index (χ1) is 6.75. The molecular weight excluding hydrogens is 178 g/mol. The lowest BCUT2D eigenvalue weighted by molar-refractivity contribution is -0.136. The van der Waals surface area contributed by atoms with E-state index in [0.717, 1.165) is 18.5 Å². The van der Waals surface area contributed by atoms with Crippen LogP contribution in [0.2, 0.25) is 0 Å². The molecule has 0 bridgehead atoms. The molecule has 3 nitrogen and oxygen atoms in total. The number of hydrogen-bond donors (Lipinski definition) is 2. The molecule has 0 spiro atoms. The fraction of sp³-hybridized carbons (Fsp3) is 0.364. The lowest BCUT2D eigenvalue weighted by Gasteiger charge is -2.28. The van der Waals surface area contributed by atoms with Crippen molar-refractivity contribution in [1.29, 1.82) is 0 Å². The maximum absolute atomic E-state index is 10.5. The van der Waals surface area contributed by atoms with Crippen LogP contribution in [0.5, 0.6) is 0 Å². The minimum Gasteiger partial charge on any atom is -0.481 e. The van der Waals surface area contributed by atoms with Crippen molar-refractivity contribution in [2.45, 2.75) is 18.9 Å². The molecule has 1 unspecified atom stereocenters. The molecule has 0 aliphatic carbocycles. The zero-order chi connectivity index (χ0) is 9.97. The Morgan fingerprint density at radius 1 is 1.57 bits per heavy atom. The van der Waals surface area contributed by atoms with Crippen LogP contribution in [0.15, 0.2) is 24.3 Å². The summed E-state index contributed by atoms with van der Waals surface area (Å²) in [6.45, 7) is 1.06. The van der Waals surface area contributed by atoms with E-state index >= 15 is 0 Å². The van der Waals surface area contributed by atoms with Gasteiger partial charge in [-0.15, -0.1) is 0 Å². The van der Waals surface area contributed by atoms with Gasteiger partial charge in [-0.2, -0.15) is 0 Å². The third kappa shape index (κ3) is 1.93. The topological polar surface area (TPSA) is 49.3 Å². The monoisotopic (exact) mass is 191 g/mol. The summed E-state index contributed by atoms with van der Waals surface area (Å²) in [4.78, 5) is 10.5. The molecule has 0 saturated carbocycles. The Morgan fingerprint density at radius 2 is 2.36 bits per heavy atom. The summed E-state index contributed by atoms with van der Waals surface area (Å²) in [6, 6.07) is 8.24. The summed E-state index contributed by atoms with van der Waals surface area (Å²) in [5.41, 5.74) is 2.08. The molecule has 0 aromatic heterocycles. The zero-order valence-electron chi connectivity index (χ0n) is 7.86. The highest BCUT2D eigenvalue weighted by Crippen LogP contribution is 2.23. The van der Waals surface area contributed by atoms with Crippen LogP contribution >= 0.6 is 0 Å². The van der Waals surface area contributed by atoms with Crippen LogP contribution in [0, 0.1) is 0 Å². The Kier molecular flexibility index (Phi) is 2.50. The van der Waals surface area contributed by atoms with Gasteiger partial charge in [0, 0.05) is 6.04 Å². The Morgan fingerprint density at radius 3 is 2.93 bits per heavy atom. The van der Waals surface area contributed by atoms with E-state index in [2.05, 4.69) is 5.32 Å². The quantitative estimate of drug-likeness (QED) is 0.758. The van der Waals surface area contributed by atoms with Crippen LogP contribution < -0.4 is 5.32 Å². The highest BCUT2D eigenvalue weighted by molar-refractivity contribution is 5.70. The maximum Gasteiger partial charge on any atom is 0.307 e. The lowest BCUT2D eigenvalue weighted by Crippen LogP contribution is -2.34. The average molecular weight is 191 g/mol. The third-order valence-electron chi connectivity index (χ3n) is 2.53. The van der Waals surface area contributed by atoms with E-state index in [1.165, 1.54) is 5.56 Å². The van der Waals surface area contributed by atoms with Gasteiger partial charge < -0.3 is 10.4 Å². The molecule has 2 N–H and O–H groups in total. The summed E-state index contributed by atoms with van der Waals surface area (Å²) < 4.78 is 0. The van der Waals surface area contributed by atoms with Crippen molar-refractivity contribution in [3.63, 3.8) is 0 Å². The van der Waals surface area contributed by atoms with E-state index < -0.39 is 5.97 Å². The van der Waals surface area contributed by atoms with Crippen LogP contribution in [-0.2, 0) is 11.2 Å². The first kappa shape index (κ1) is 9.21. The summed E-state index contributed by atoms with van der Waals surface area (Å²) in [5, 5.41) is 11.9. The molecule has 1 fully saturated rings. The van der Waals surface area contributed by atoms with Crippen LogP contribution in [0.3, 0.4) is 0 Å². The van der Waals surface area contributed by atoms with E-state index in [4.69, 9.17) is 5.11 Å². The van der Waals surface area contributed by atoms with Gasteiger partial charge in [0.1, 0.15) is 0 Å². The molecule has 2 rings (SSSR count). The molecule has 1 atom stereocenters. The van der Waals surface area contributed by atoms with Gasteiger partial charge in [-0.05, 0) is 24.1 Å². The molecule has 0 radical (unpaired) electrons. The van der Waals surface area contributed by atoms with Gasteiger partial charge in [-0.1, -0.05) is 24.3 Å². The molecule has 14 heavy (non-hydrogen) atoms. The van der Waals surface area contributed by atoms with Gasteiger partial charge >= 0.3 is 5.97 Å². The molecule has 1 aromatic rings. The van der Waals surface area contributed by atoms with Gasteiger partial charge in [0.25, 0.3) is 0 Å². The smallest absolute Gasteiger partial charge is 0.307 e. The van der Waals surface area contributed by atoms with Crippen molar-refractivity contribution in [2.24, 2.45) is 0 Å². The van der Waals surface area contributed by atoms with E-state index in [1.807, 2.05) is 24.3 Å². The van der Waals surface area contributed by atoms with E-state index in [1.54, 1.807) is 0 Å². The number of carbonyl (C=O) groups is 1. The van der Waals surface area contributed by atoms with Crippen molar-refractivity contribution >= 4 is 5.97 Å². The number of benzene rings is 1. The number of nitrogens with one attached hydrogen (secondary N) is 1. The van der Waals surface area contributed by atoms with Crippen LogP contribution in [0.4, 0.5) is 0 Å². The molecule has 3 heteroatoms. The molecular formula is C11H13NO2. The minimum absolute atomic E-state index is 0.112. The average Bonchev–Trinajstić information content (AvgIpc) is 1.99. The standard InChI is InChI=1S/C11H13NO2/c13-11(14)7-8-2-1-3-9(6-8)10-4-5-12-10/h1-3,6,10,12H,4-5,7H2,(H,13,14). The number of carboxylic acids is 1. The molecule has 1 heterocycles. The van der Waals surface area contributed by atoms with Gasteiger partial charge in [-0.3, -0.25) is 4.79 Å². The van der Waals surface area contributed by atoms with Crippen molar-refractivity contribution < 1.29 is 9.90 Å². The van der Waals surface area contributed by atoms with E-state index in [0.29, 0.717) is 6.04 Å². The van der Waals surface area contributed by atoms with Crippen molar-refractivity contribution in [2.75, 3.05) is 6.54 Å². The number of carboxylic acid groups (broad SMARTS) is 1. The second kappa shape index (κ2) is 3.80. The van der Waals surface area contributed by atoms with Gasteiger partial charge in [-0.25, -0.2) is 0 Å². The summed E-state index contributed by atoms with van der Waals surface area (Å²) in [5.74, 6) is -0.774. The summed E-state index contributed by atoms with van der Waals surface area (Å²) >= 11 is 0. The number of hydrogen-bond acceptors (Lipinski definition) is 2. The van der Waals surface area contributed by atoms with Gasteiger partial charge in [0.2, 0.25) is 0 Å². The lowest BCUT2D eigenvalue weighted by atomic mass is 9.96. The van der Waals surface area contributed by atoms with E-state index in [-0.39, 0.29) is 6.42 Å². The minimum atomic E-state index is -0.774. The first-order valence-corrected chi connectivity index (χ1v) is 4.80. The van der Waals surface area contributed by atoms with Crippen LogP contribution in [0.25, 0.3) is 0 Å². The second-order valence-corrected chi connectivity index (χ2v) is 3.61. The fourth-order valence-electron chi connectivity index (χ4n) is 1.67. The molecule has 1 aliphatic heterocycles. The number of aliphatic carboxylic acids is 1. The Bertz CT molecular complexity index is 345. The fourth-order valence-corrected chi connectivity index (χ4v) is 1.67. The molecule has 1 aromatic carbocycles. The largest absolute Gasteiger partial charge is 0.481 e. The Balaban J connectivity index is 2.13. The third-order valence-corrected chi connectivity index (χ3v) is 2.53. The zero-order valence-corrected chi connectivity index (χ0v) is 7.86. The van der Waals surface area contributed by atoms with Crippen molar-refractivity contribution in [3.8, 4) is 0 Å². The molecule has 74 valence electrons. The number of rotatable bonds is 3. The Labute approximate surface area is 82.8 Å². The van der Waals surface area contributed by atoms with E-state index in [9.17, 15) is 4.79 Å². The summed E-state index contributed by atoms with van der Waals surface area (Å²) in [6.07, 6.45) is 1.26. The normalized spacial score (nSPS) is 20.1.